The number of benzene rings is 1. The number of amides is 2. The second-order valence-corrected chi connectivity index (χ2v) is 4.76. The van der Waals surface area contributed by atoms with Gasteiger partial charge in [0, 0.05) is 11.6 Å². The maximum atomic E-state index is 11.9. The molecule has 0 saturated heterocycles. The largest absolute Gasteiger partial charge is 0.497 e. The van der Waals surface area contributed by atoms with E-state index in [4.69, 9.17) is 9.47 Å². The molecule has 2 N–H and O–H groups in total. The van der Waals surface area contributed by atoms with Crippen LogP contribution in [0.15, 0.2) is 18.2 Å². The summed E-state index contributed by atoms with van der Waals surface area (Å²) in [7, 11) is 3.22. The maximum Gasteiger partial charge on any atom is 0.315 e. The Morgan fingerprint density at radius 1 is 1.20 bits per heavy atom. The summed E-state index contributed by atoms with van der Waals surface area (Å²) >= 11 is 0. The van der Waals surface area contributed by atoms with Gasteiger partial charge in [0.25, 0.3) is 0 Å². The lowest BCUT2D eigenvalue weighted by molar-refractivity contribution is 0.234. The van der Waals surface area contributed by atoms with Crippen molar-refractivity contribution in [3.8, 4) is 11.5 Å². The van der Waals surface area contributed by atoms with Gasteiger partial charge < -0.3 is 20.1 Å². The van der Waals surface area contributed by atoms with Crippen molar-refractivity contribution in [2.45, 2.75) is 39.3 Å². The predicted octanol–water partition coefficient (Wildman–Crippen LogP) is 2.86. The zero-order valence-corrected chi connectivity index (χ0v) is 12.8. The first-order chi connectivity index (χ1) is 9.51. The molecule has 0 aliphatic heterocycles. The van der Waals surface area contributed by atoms with Gasteiger partial charge in [-0.05, 0) is 38.5 Å². The van der Waals surface area contributed by atoms with Crippen LogP contribution in [0.2, 0.25) is 0 Å². The van der Waals surface area contributed by atoms with Crippen LogP contribution in [0.3, 0.4) is 0 Å². The summed E-state index contributed by atoms with van der Waals surface area (Å²) in [6.45, 7) is 5.91. The van der Waals surface area contributed by atoms with E-state index in [1.807, 2.05) is 39.0 Å². The van der Waals surface area contributed by atoms with Crippen molar-refractivity contribution in [2.75, 3.05) is 14.2 Å². The van der Waals surface area contributed by atoms with E-state index in [1.165, 1.54) is 0 Å². The molecular formula is C15H24N2O3. The number of ether oxygens (including phenoxy) is 2. The number of carbonyl (C=O) groups is 1. The molecule has 0 saturated carbocycles. The average Bonchev–Trinajstić information content (AvgIpc) is 2.45. The van der Waals surface area contributed by atoms with Crippen molar-refractivity contribution in [2.24, 2.45) is 0 Å². The molecule has 2 unspecified atom stereocenters. The lowest BCUT2D eigenvalue weighted by Gasteiger charge is -2.20. The summed E-state index contributed by atoms with van der Waals surface area (Å²) in [5.41, 5.74) is 0.881. The number of urea groups is 1. The number of hydrogen-bond donors (Lipinski definition) is 2. The molecule has 0 radical (unpaired) electrons. The Kier molecular flexibility index (Phi) is 6.15. The van der Waals surface area contributed by atoms with E-state index in [9.17, 15) is 4.79 Å². The molecule has 2 amide bonds. The van der Waals surface area contributed by atoms with Gasteiger partial charge in [0.1, 0.15) is 11.5 Å². The third-order valence-corrected chi connectivity index (χ3v) is 3.24. The van der Waals surface area contributed by atoms with Crippen LogP contribution >= 0.6 is 0 Å². The van der Waals surface area contributed by atoms with Gasteiger partial charge in [-0.25, -0.2) is 4.79 Å². The summed E-state index contributed by atoms with van der Waals surface area (Å²) in [4.78, 5) is 11.9. The Morgan fingerprint density at radius 3 is 2.45 bits per heavy atom. The summed E-state index contributed by atoms with van der Waals surface area (Å²) in [5.74, 6) is 1.46. The zero-order valence-electron chi connectivity index (χ0n) is 12.8. The highest BCUT2D eigenvalue weighted by molar-refractivity contribution is 5.74. The molecule has 1 rings (SSSR count). The summed E-state index contributed by atoms with van der Waals surface area (Å²) in [6.07, 6.45) is 0.893. The smallest absolute Gasteiger partial charge is 0.315 e. The fourth-order valence-electron chi connectivity index (χ4n) is 1.82. The number of methoxy groups -OCH3 is 2. The highest BCUT2D eigenvalue weighted by Crippen LogP contribution is 2.29. The predicted molar refractivity (Wildman–Crippen MR) is 79.4 cm³/mol. The van der Waals surface area contributed by atoms with E-state index < -0.39 is 0 Å². The van der Waals surface area contributed by atoms with Crippen LogP contribution in [0.1, 0.15) is 38.8 Å². The first kappa shape index (κ1) is 16.1. The highest BCUT2D eigenvalue weighted by Gasteiger charge is 2.15. The Bertz CT molecular complexity index is 449. The van der Waals surface area contributed by atoms with Crippen LogP contribution in [-0.2, 0) is 0 Å². The standard InChI is InChI=1S/C15H24N2O3/c1-6-10(2)16-15(18)17-11(3)13-9-12(19-4)7-8-14(13)20-5/h7-11H,6H2,1-5H3,(H2,16,17,18). The minimum absolute atomic E-state index is 0.148. The first-order valence-corrected chi connectivity index (χ1v) is 6.80. The van der Waals surface area contributed by atoms with Crippen LogP contribution in [0.5, 0.6) is 11.5 Å². The van der Waals surface area contributed by atoms with E-state index in [2.05, 4.69) is 10.6 Å². The Balaban J connectivity index is 2.80. The normalized spacial score (nSPS) is 13.2. The Morgan fingerprint density at radius 2 is 1.90 bits per heavy atom. The molecule has 5 nitrogen and oxygen atoms in total. The molecule has 5 heteroatoms. The van der Waals surface area contributed by atoms with Crippen molar-refractivity contribution in [3.05, 3.63) is 23.8 Å². The lowest BCUT2D eigenvalue weighted by atomic mass is 10.1. The molecule has 0 bridgehead atoms. The van der Waals surface area contributed by atoms with Crippen molar-refractivity contribution < 1.29 is 14.3 Å². The molecule has 2 atom stereocenters. The monoisotopic (exact) mass is 280 g/mol. The number of rotatable bonds is 6. The Labute approximate surface area is 120 Å². The van der Waals surface area contributed by atoms with E-state index in [1.54, 1.807) is 14.2 Å². The topological polar surface area (TPSA) is 59.6 Å². The van der Waals surface area contributed by atoms with Crippen LogP contribution in [-0.4, -0.2) is 26.3 Å². The SMILES string of the molecule is CCC(C)NC(=O)NC(C)c1cc(OC)ccc1OC. The molecule has 0 fully saturated rings. The van der Waals surface area contributed by atoms with Gasteiger partial charge in [-0.2, -0.15) is 0 Å². The van der Waals surface area contributed by atoms with E-state index in [0.717, 1.165) is 23.5 Å². The second-order valence-electron chi connectivity index (χ2n) is 4.76. The van der Waals surface area contributed by atoms with E-state index in [-0.39, 0.29) is 18.1 Å². The maximum absolute atomic E-state index is 11.9. The molecule has 0 heterocycles. The fourth-order valence-corrected chi connectivity index (χ4v) is 1.82. The van der Waals surface area contributed by atoms with Crippen LogP contribution in [0.4, 0.5) is 4.79 Å². The summed E-state index contributed by atoms with van der Waals surface area (Å²) < 4.78 is 10.5. The lowest BCUT2D eigenvalue weighted by Crippen LogP contribution is -2.41. The van der Waals surface area contributed by atoms with Crippen molar-refractivity contribution in [1.82, 2.24) is 10.6 Å². The van der Waals surface area contributed by atoms with Gasteiger partial charge in [0.2, 0.25) is 0 Å². The third-order valence-electron chi connectivity index (χ3n) is 3.24. The highest BCUT2D eigenvalue weighted by atomic mass is 16.5. The van der Waals surface area contributed by atoms with Gasteiger partial charge in [-0.3, -0.25) is 0 Å². The van der Waals surface area contributed by atoms with Gasteiger partial charge in [-0.1, -0.05) is 6.92 Å². The van der Waals surface area contributed by atoms with E-state index in [0.29, 0.717) is 0 Å². The molecule has 0 aliphatic rings. The minimum atomic E-state index is -0.184. The molecule has 0 aromatic heterocycles. The molecule has 112 valence electrons. The van der Waals surface area contributed by atoms with Crippen LogP contribution in [0.25, 0.3) is 0 Å². The zero-order chi connectivity index (χ0) is 15.1. The number of hydrogen-bond acceptors (Lipinski definition) is 3. The van der Waals surface area contributed by atoms with Crippen LogP contribution in [0, 0.1) is 0 Å². The average molecular weight is 280 g/mol. The fraction of sp³-hybridized carbons (Fsp3) is 0.533. The minimum Gasteiger partial charge on any atom is -0.497 e. The number of nitrogens with one attached hydrogen (secondary N) is 2. The first-order valence-electron chi connectivity index (χ1n) is 6.80. The van der Waals surface area contributed by atoms with Gasteiger partial charge in [0.05, 0.1) is 20.3 Å². The second kappa shape index (κ2) is 7.62. The van der Waals surface area contributed by atoms with Crippen LogP contribution < -0.4 is 20.1 Å². The third kappa shape index (κ3) is 4.33. The molecular weight excluding hydrogens is 256 g/mol. The van der Waals surface area contributed by atoms with Gasteiger partial charge in [-0.15, -0.1) is 0 Å². The van der Waals surface area contributed by atoms with Crippen molar-refractivity contribution in [1.29, 1.82) is 0 Å². The van der Waals surface area contributed by atoms with Gasteiger partial charge in [0.15, 0.2) is 0 Å². The quantitative estimate of drug-likeness (QED) is 0.842. The van der Waals surface area contributed by atoms with Crippen molar-refractivity contribution >= 4 is 6.03 Å². The van der Waals surface area contributed by atoms with Crippen molar-refractivity contribution in [3.63, 3.8) is 0 Å². The Hall–Kier alpha value is -1.91. The molecule has 0 spiro atoms. The summed E-state index contributed by atoms with van der Waals surface area (Å²) in [6, 6.07) is 5.32. The molecule has 20 heavy (non-hydrogen) atoms. The van der Waals surface area contributed by atoms with Gasteiger partial charge >= 0.3 is 6.03 Å². The number of carbonyl (C=O) groups excluding carboxylic acids is 1. The molecule has 0 aliphatic carbocycles. The molecule has 1 aromatic carbocycles. The molecule has 1 aromatic rings. The summed E-state index contributed by atoms with van der Waals surface area (Å²) in [5, 5.41) is 5.78. The van der Waals surface area contributed by atoms with E-state index >= 15 is 0 Å².